The van der Waals surface area contributed by atoms with Gasteiger partial charge < -0.3 is 19.9 Å². The predicted molar refractivity (Wildman–Crippen MR) is 111 cm³/mol. The molecule has 0 spiro atoms. The molecule has 29 heavy (non-hydrogen) atoms. The Morgan fingerprint density at radius 2 is 2.07 bits per heavy atom. The number of fused-ring (bicyclic) bond motifs is 2. The van der Waals surface area contributed by atoms with Crippen molar-refractivity contribution in [3.63, 3.8) is 0 Å². The summed E-state index contributed by atoms with van der Waals surface area (Å²) in [6.07, 6.45) is 4.62. The van der Waals surface area contributed by atoms with Crippen LogP contribution in [0.4, 0.5) is 0 Å². The van der Waals surface area contributed by atoms with Gasteiger partial charge >= 0.3 is 0 Å². The average molecular weight is 415 g/mol. The molecule has 2 aromatic rings. The molecule has 0 saturated carbocycles. The minimum Gasteiger partial charge on any atom is -0.454 e. The van der Waals surface area contributed by atoms with Gasteiger partial charge in [0.05, 0.1) is 11.0 Å². The van der Waals surface area contributed by atoms with E-state index in [2.05, 4.69) is 15.6 Å². The van der Waals surface area contributed by atoms with Crippen molar-refractivity contribution in [1.82, 2.24) is 10.2 Å². The van der Waals surface area contributed by atoms with E-state index in [1.54, 1.807) is 11.3 Å². The van der Waals surface area contributed by atoms with Crippen LogP contribution in [0, 0.1) is 0 Å². The topological polar surface area (TPSA) is 71.0 Å². The minimum absolute atomic E-state index is 0.0141. The van der Waals surface area contributed by atoms with Crippen molar-refractivity contribution >= 4 is 17.2 Å². The normalized spacial score (nSPS) is 23.6. The predicted octanol–water partition coefficient (Wildman–Crippen LogP) is 2.72. The van der Waals surface area contributed by atoms with Gasteiger partial charge in [0.15, 0.2) is 11.5 Å². The zero-order valence-electron chi connectivity index (χ0n) is 16.4. The van der Waals surface area contributed by atoms with Crippen LogP contribution in [0.15, 0.2) is 23.6 Å². The smallest absolute Gasteiger partial charge is 0.261 e. The van der Waals surface area contributed by atoms with Gasteiger partial charge in [-0.2, -0.15) is 0 Å². The quantitative estimate of drug-likeness (QED) is 0.805. The van der Waals surface area contributed by atoms with Crippen LogP contribution in [-0.2, 0) is 19.4 Å². The number of aliphatic hydroxyl groups is 1. The van der Waals surface area contributed by atoms with E-state index >= 15 is 0 Å². The molecule has 0 unspecified atom stereocenters. The van der Waals surface area contributed by atoms with E-state index in [-0.39, 0.29) is 18.7 Å². The monoisotopic (exact) mass is 414 g/mol. The SMILES string of the molecule is O=C(N[C@H]1C[C@@H](O)CN(Cc2ccc3c(c2)OCO3)C1)c1scc2c1CCCC2. The summed E-state index contributed by atoms with van der Waals surface area (Å²) in [6, 6.07) is 5.90. The van der Waals surface area contributed by atoms with Crippen LogP contribution in [0.2, 0.25) is 0 Å². The summed E-state index contributed by atoms with van der Waals surface area (Å²) in [5.74, 6) is 1.56. The van der Waals surface area contributed by atoms with Crippen LogP contribution in [0.25, 0.3) is 0 Å². The molecular formula is C22H26N2O4S. The van der Waals surface area contributed by atoms with Crippen molar-refractivity contribution in [3.8, 4) is 11.5 Å². The Labute approximate surface area is 174 Å². The number of piperidine rings is 1. The Balaban J connectivity index is 1.24. The average Bonchev–Trinajstić information content (AvgIpc) is 3.34. The number of ether oxygens (including phenoxy) is 2. The van der Waals surface area contributed by atoms with Crippen LogP contribution >= 0.6 is 11.3 Å². The highest BCUT2D eigenvalue weighted by Crippen LogP contribution is 2.33. The molecule has 3 heterocycles. The van der Waals surface area contributed by atoms with Gasteiger partial charge in [-0.05, 0) is 66.3 Å². The van der Waals surface area contributed by atoms with Gasteiger partial charge in [-0.15, -0.1) is 11.3 Å². The molecule has 0 bridgehead atoms. The second kappa shape index (κ2) is 7.97. The maximum atomic E-state index is 12.9. The Hall–Kier alpha value is -2.09. The third-order valence-electron chi connectivity index (χ3n) is 5.99. The lowest BCUT2D eigenvalue weighted by molar-refractivity contribution is 0.0460. The number of benzene rings is 1. The minimum atomic E-state index is -0.444. The number of hydrogen-bond donors (Lipinski definition) is 2. The Kier molecular flexibility index (Phi) is 5.20. The highest BCUT2D eigenvalue weighted by atomic mass is 32.1. The molecule has 1 aromatic heterocycles. The molecule has 1 aromatic carbocycles. The highest BCUT2D eigenvalue weighted by Gasteiger charge is 2.29. The molecule has 1 aliphatic carbocycles. The standard InChI is InChI=1S/C22H26N2O4S/c25-17-8-16(23-22(26)21-18-4-2-1-3-15(18)12-29-21)10-24(11-17)9-14-5-6-19-20(7-14)28-13-27-19/h5-7,12,16-17,25H,1-4,8-11,13H2,(H,23,26)/t16-,17+/m0/s1. The van der Waals surface area contributed by atoms with Gasteiger partial charge in [0.2, 0.25) is 6.79 Å². The lowest BCUT2D eigenvalue weighted by Crippen LogP contribution is -2.52. The van der Waals surface area contributed by atoms with Crippen LogP contribution < -0.4 is 14.8 Å². The molecule has 6 nitrogen and oxygen atoms in total. The van der Waals surface area contributed by atoms with Gasteiger partial charge in [-0.25, -0.2) is 0 Å². The van der Waals surface area contributed by atoms with Crippen LogP contribution in [-0.4, -0.2) is 47.9 Å². The summed E-state index contributed by atoms with van der Waals surface area (Å²) in [6.45, 7) is 2.30. The van der Waals surface area contributed by atoms with Crippen molar-refractivity contribution in [3.05, 3.63) is 45.1 Å². The molecule has 3 aliphatic rings. The number of amides is 1. The molecule has 154 valence electrons. The number of β-amino-alcohol motifs (C(OH)–C–C–N with tert-alkyl or cyclic N) is 1. The van der Waals surface area contributed by atoms with Crippen LogP contribution in [0.3, 0.4) is 0 Å². The second-order valence-corrected chi connectivity index (χ2v) is 9.10. The molecular weight excluding hydrogens is 388 g/mol. The fourth-order valence-electron chi connectivity index (χ4n) is 4.65. The molecule has 2 N–H and O–H groups in total. The fourth-order valence-corrected chi connectivity index (χ4v) is 5.72. The molecule has 5 rings (SSSR count). The van der Waals surface area contributed by atoms with Gasteiger partial charge in [0.25, 0.3) is 5.91 Å². The summed E-state index contributed by atoms with van der Waals surface area (Å²) in [5, 5.41) is 15.7. The maximum absolute atomic E-state index is 12.9. The number of carbonyl (C=O) groups is 1. The van der Waals surface area contributed by atoms with E-state index in [0.29, 0.717) is 19.5 Å². The van der Waals surface area contributed by atoms with Crippen molar-refractivity contribution in [2.75, 3.05) is 19.9 Å². The molecule has 2 atom stereocenters. The number of hydrogen-bond acceptors (Lipinski definition) is 6. The first-order valence-corrected chi connectivity index (χ1v) is 11.2. The fraction of sp³-hybridized carbons (Fsp3) is 0.500. The van der Waals surface area contributed by atoms with E-state index in [1.165, 1.54) is 17.5 Å². The zero-order chi connectivity index (χ0) is 19.8. The number of nitrogens with one attached hydrogen (secondary N) is 1. The third kappa shape index (κ3) is 3.99. The summed E-state index contributed by atoms with van der Waals surface area (Å²) >= 11 is 1.56. The van der Waals surface area contributed by atoms with Crippen LogP contribution in [0.5, 0.6) is 11.5 Å². The van der Waals surface area contributed by atoms with Gasteiger partial charge in [-0.3, -0.25) is 9.69 Å². The molecule has 2 aliphatic heterocycles. The van der Waals surface area contributed by atoms with E-state index in [9.17, 15) is 9.90 Å². The first-order valence-electron chi connectivity index (χ1n) is 10.3. The van der Waals surface area contributed by atoms with E-state index in [1.807, 2.05) is 18.2 Å². The first kappa shape index (κ1) is 18.9. The Morgan fingerprint density at radius 1 is 1.21 bits per heavy atom. The lowest BCUT2D eigenvalue weighted by Gasteiger charge is -2.36. The highest BCUT2D eigenvalue weighted by molar-refractivity contribution is 7.12. The Bertz CT molecular complexity index is 912. The van der Waals surface area contributed by atoms with Gasteiger partial charge in [0, 0.05) is 25.7 Å². The molecule has 1 fully saturated rings. The van der Waals surface area contributed by atoms with E-state index in [0.717, 1.165) is 47.7 Å². The summed E-state index contributed by atoms with van der Waals surface area (Å²) in [7, 11) is 0. The van der Waals surface area contributed by atoms with Crippen molar-refractivity contribution in [1.29, 1.82) is 0 Å². The van der Waals surface area contributed by atoms with Crippen molar-refractivity contribution in [2.24, 2.45) is 0 Å². The van der Waals surface area contributed by atoms with Crippen molar-refractivity contribution in [2.45, 2.75) is 50.8 Å². The largest absolute Gasteiger partial charge is 0.454 e. The van der Waals surface area contributed by atoms with Crippen LogP contribution in [0.1, 0.15) is 45.6 Å². The van der Waals surface area contributed by atoms with Crippen molar-refractivity contribution < 1.29 is 19.4 Å². The molecule has 1 amide bonds. The van der Waals surface area contributed by atoms with Gasteiger partial charge in [-0.1, -0.05) is 6.07 Å². The number of thiophene rings is 1. The Morgan fingerprint density at radius 3 is 3.00 bits per heavy atom. The van der Waals surface area contributed by atoms with E-state index in [4.69, 9.17) is 9.47 Å². The molecule has 7 heteroatoms. The third-order valence-corrected chi connectivity index (χ3v) is 7.06. The van der Waals surface area contributed by atoms with E-state index < -0.39 is 6.10 Å². The first-order chi connectivity index (χ1) is 14.2. The maximum Gasteiger partial charge on any atom is 0.261 e. The number of likely N-dealkylation sites (tertiary alicyclic amines) is 1. The molecule has 0 radical (unpaired) electrons. The summed E-state index contributed by atoms with van der Waals surface area (Å²) < 4.78 is 10.8. The molecule has 1 saturated heterocycles. The summed E-state index contributed by atoms with van der Waals surface area (Å²) in [5.41, 5.74) is 3.70. The lowest BCUT2D eigenvalue weighted by atomic mass is 9.93. The number of carbonyl (C=O) groups excluding carboxylic acids is 1. The number of nitrogens with zero attached hydrogens (tertiary/aromatic N) is 1. The number of rotatable bonds is 4. The number of aryl methyl sites for hydroxylation is 1. The van der Waals surface area contributed by atoms with Gasteiger partial charge in [0.1, 0.15) is 0 Å². The second-order valence-electron chi connectivity index (χ2n) is 8.22. The summed E-state index contributed by atoms with van der Waals surface area (Å²) in [4.78, 5) is 16.0. The zero-order valence-corrected chi connectivity index (χ0v) is 17.2. The number of aliphatic hydroxyl groups excluding tert-OH is 1.